The van der Waals surface area contributed by atoms with Crippen LogP contribution in [0.1, 0.15) is 20.7 Å². The van der Waals surface area contributed by atoms with Crippen LogP contribution in [0.25, 0.3) is 0 Å². The highest BCUT2D eigenvalue weighted by Crippen LogP contribution is 2.23. The second kappa shape index (κ2) is 3.34. The first kappa shape index (κ1) is 10.2. The molecule has 1 aromatic rings. The van der Waals surface area contributed by atoms with Crippen LogP contribution >= 0.6 is 0 Å². The van der Waals surface area contributed by atoms with Gasteiger partial charge in [0.25, 0.3) is 11.8 Å². The molecule has 6 heteroatoms. The Bertz CT molecular complexity index is 462. The molecule has 2 rings (SSSR count). The molecule has 3 amide bonds. The van der Waals surface area contributed by atoms with Crippen LogP contribution in [0.3, 0.4) is 0 Å². The third-order valence-electron chi connectivity index (χ3n) is 2.35. The zero-order valence-electron chi connectivity index (χ0n) is 8.38. The number of benzene rings is 1. The lowest BCUT2D eigenvalue weighted by molar-refractivity contribution is 0.0165. The molecule has 0 radical (unpaired) electrons. The van der Waals surface area contributed by atoms with Crippen LogP contribution in [0.5, 0.6) is 0 Å². The van der Waals surface area contributed by atoms with Gasteiger partial charge in [0, 0.05) is 7.05 Å². The van der Waals surface area contributed by atoms with E-state index in [9.17, 15) is 14.4 Å². The summed E-state index contributed by atoms with van der Waals surface area (Å²) in [5.74, 6) is -1.24. The van der Waals surface area contributed by atoms with Crippen LogP contribution in [0.2, 0.25) is 0 Å². The Hall–Kier alpha value is -2.37. The lowest BCUT2D eigenvalue weighted by Crippen LogP contribution is -2.46. The smallest absolute Gasteiger partial charge is 0.426 e. The van der Waals surface area contributed by atoms with Crippen molar-refractivity contribution in [1.29, 1.82) is 0 Å². The Morgan fingerprint density at radius 2 is 1.62 bits per heavy atom. The fourth-order valence-corrected chi connectivity index (χ4v) is 1.53. The van der Waals surface area contributed by atoms with Crippen molar-refractivity contribution in [3.8, 4) is 0 Å². The zero-order chi connectivity index (χ0) is 11.9. The van der Waals surface area contributed by atoms with Crippen LogP contribution < -0.4 is 0 Å². The lowest BCUT2D eigenvalue weighted by atomic mass is 10.1. The van der Waals surface area contributed by atoms with Crippen molar-refractivity contribution in [2.75, 3.05) is 7.05 Å². The number of carboxylic acid groups (broad SMARTS) is 1. The minimum atomic E-state index is -1.37. The quantitative estimate of drug-likeness (QED) is 0.710. The number of rotatable bonds is 1. The van der Waals surface area contributed by atoms with E-state index in [2.05, 4.69) is 0 Å². The molecule has 1 aromatic carbocycles. The maximum absolute atomic E-state index is 11.8. The third kappa shape index (κ3) is 1.23. The molecule has 0 atom stereocenters. The summed E-state index contributed by atoms with van der Waals surface area (Å²) in [7, 11) is 1.14. The predicted molar refractivity (Wildman–Crippen MR) is 52.7 cm³/mol. The van der Waals surface area contributed by atoms with Gasteiger partial charge >= 0.3 is 6.09 Å². The fourth-order valence-electron chi connectivity index (χ4n) is 1.53. The van der Waals surface area contributed by atoms with Crippen LogP contribution in [-0.4, -0.2) is 40.1 Å². The largest absolute Gasteiger partial charge is 0.464 e. The maximum Gasteiger partial charge on any atom is 0.426 e. The molecule has 0 unspecified atom stereocenters. The van der Waals surface area contributed by atoms with Gasteiger partial charge in [-0.05, 0) is 12.1 Å². The lowest BCUT2D eigenvalue weighted by Gasteiger charge is -2.22. The minimum absolute atomic E-state index is 0.223. The zero-order valence-corrected chi connectivity index (χ0v) is 8.38. The molecule has 0 aliphatic carbocycles. The van der Waals surface area contributed by atoms with Gasteiger partial charge in [-0.2, -0.15) is 5.01 Å². The Morgan fingerprint density at radius 1 is 1.19 bits per heavy atom. The molecule has 1 heterocycles. The van der Waals surface area contributed by atoms with Crippen molar-refractivity contribution in [1.82, 2.24) is 10.0 Å². The Balaban J connectivity index is 2.46. The van der Waals surface area contributed by atoms with E-state index in [1.54, 1.807) is 12.1 Å². The second-order valence-electron chi connectivity index (χ2n) is 3.27. The number of carbonyl (C=O) groups is 3. The average Bonchev–Trinajstić information content (AvgIpc) is 2.52. The topological polar surface area (TPSA) is 77.9 Å². The standard InChI is InChI=1S/C10H8N2O4/c1-11(10(15)16)12-8(13)6-4-2-3-5-7(6)9(12)14/h2-5H,1H3,(H,15,16). The number of amides is 3. The van der Waals surface area contributed by atoms with E-state index in [0.717, 1.165) is 7.05 Å². The summed E-state index contributed by atoms with van der Waals surface area (Å²) in [5, 5.41) is 9.92. The van der Waals surface area contributed by atoms with Crippen LogP contribution in [0.15, 0.2) is 24.3 Å². The summed E-state index contributed by atoms with van der Waals surface area (Å²) >= 11 is 0. The Labute approximate surface area is 90.7 Å². The molecular formula is C10H8N2O4. The maximum atomic E-state index is 11.8. The number of nitrogens with zero attached hydrogens (tertiary/aromatic N) is 2. The average molecular weight is 220 g/mol. The van der Waals surface area contributed by atoms with Crippen molar-refractivity contribution >= 4 is 17.9 Å². The van der Waals surface area contributed by atoms with Crippen molar-refractivity contribution in [3.05, 3.63) is 35.4 Å². The molecule has 1 N–H and O–H groups in total. The molecule has 0 aromatic heterocycles. The first-order valence-electron chi connectivity index (χ1n) is 4.48. The van der Waals surface area contributed by atoms with Gasteiger partial charge in [-0.25, -0.2) is 9.80 Å². The summed E-state index contributed by atoms with van der Waals surface area (Å²) < 4.78 is 0. The molecule has 0 fully saturated rings. The Kier molecular flexibility index (Phi) is 2.12. The second-order valence-corrected chi connectivity index (χ2v) is 3.27. The van der Waals surface area contributed by atoms with Crippen molar-refractivity contribution in [2.24, 2.45) is 0 Å². The number of fused-ring (bicyclic) bond motifs is 1. The monoisotopic (exact) mass is 220 g/mol. The summed E-state index contributed by atoms with van der Waals surface area (Å²) in [4.78, 5) is 34.2. The van der Waals surface area contributed by atoms with Gasteiger partial charge in [-0.3, -0.25) is 9.59 Å². The number of hydrazine groups is 1. The Morgan fingerprint density at radius 3 is 2.00 bits per heavy atom. The van der Waals surface area contributed by atoms with Gasteiger partial charge in [-0.1, -0.05) is 12.1 Å². The third-order valence-corrected chi connectivity index (χ3v) is 2.35. The molecule has 0 spiro atoms. The minimum Gasteiger partial charge on any atom is -0.464 e. The SMILES string of the molecule is CN(C(=O)O)N1C(=O)c2ccccc2C1=O. The van der Waals surface area contributed by atoms with Crippen LogP contribution in [0.4, 0.5) is 4.79 Å². The predicted octanol–water partition coefficient (Wildman–Crippen LogP) is 0.807. The molecule has 0 saturated carbocycles. The molecule has 1 aliphatic heterocycles. The first-order chi connectivity index (χ1) is 7.54. The van der Waals surface area contributed by atoms with E-state index in [1.165, 1.54) is 12.1 Å². The normalized spacial score (nSPS) is 13.9. The highest BCUT2D eigenvalue weighted by atomic mass is 16.4. The number of hydrogen-bond acceptors (Lipinski definition) is 3. The van der Waals surface area contributed by atoms with Gasteiger partial charge in [0.15, 0.2) is 0 Å². The summed E-state index contributed by atoms with van der Waals surface area (Å²) in [6, 6.07) is 6.22. The summed E-state index contributed by atoms with van der Waals surface area (Å²) in [6.45, 7) is 0. The van der Waals surface area contributed by atoms with E-state index in [1.807, 2.05) is 0 Å². The first-order valence-corrected chi connectivity index (χ1v) is 4.48. The highest BCUT2D eigenvalue weighted by Gasteiger charge is 2.39. The van der Waals surface area contributed by atoms with E-state index in [-0.39, 0.29) is 11.1 Å². The van der Waals surface area contributed by atoms with Gasteiger partial charge < -0.3 is 5.11 Å². The number of imide groups is 1. The van der Waals surface area contributed by atoms with Crippen LogP contribution in [-0.2, 0) is 0 Å². The number of carbonyl (C=O) groups excluding carboxylic acids is 2. The van der Waals surface area contributed by atoms with E-state index in [4.69, 9.17) is 5.11 Å². The van der Waals surface area contributed by atoms with Crippen molar-refractivity contribution in [2.45, 2.75) is 0 Å². The van der Waals surface area contributed by atoms with E-state index >= 15 is 0 Å². The molecule has 0 saturated heterocycles. The molecule has 1 aliphatic rings. The van der Waals surface area contributed by atoms with E-state index in [0.29, 0.717) is 10.0 Å². The molecular weight excluding hydrogens is 212 g/mol. The summed E-state index contributed by atoms with van der Waals surface area (Å²) in [5.41, 5.74) is 0.446. The summed E-state index contributed by atoms with van der Waals surface area (Å²) in [6.07, 6.45) is -1.37. The van der Waals surface area contributed by atoms with Gasteiger partial charge in [0.1, 0.15) is 0 Å². The molecule has 16 heavy (non-hydrogen) atoms. The highest BCUT2D eigenvalue weighted by molar-refractivity contribution is 6.21. The molecule has 82 valence electrons. The van der Waals surface area contributed by atoms with Gasteiger partial charge in [0.2, 0.25) is 0 Å². The fraction of sp³-hybridized carbons (Fsp3) is 0.100. The van der Waals surface area contributed by atoms with E-state index < -0.39 is 17.9 Å². The van der Waals surface area contributed by atoms with Gasteiger partial charge in [-0.15, -0.1) is 0 Å². The molecule has 6 nitrogen and oxygen atoms in total. The van der Waals surface area contributed by atoms with Gasteiger partial charge in [0.05, 0.1) is 11.1 Å². The number of hydrogen-bond donors (Lipinski definition) is 1. The molecule has 0 bridgehead atoms. The van der Waals surface area contributed by atoms with Crippen LogP contribution in [0, 0.1) is 0 Å². The van der Waals surface area contributed by atoms with Crippen molar-refractivity contribution in [3.63, 3.8) is 0 Å². The van der Waals surface area contributed by atoms with Crippen molar-refractivity contribution < 1.29 is 19.5 Å².